The SMILES string of the molecule is CCc1nc(-c2cccc(OC)c2)c(N)n1CC(C)C. The Kier molecular flexibility index (Phi) is 4.32. The Morgan fingerprint density at radius 1 is 1.35 bits per heavy atom. The van der Waals surface area contributed by atoms with Crippen LogP contribution in [0, 0.1) is 5.92 Å². The number of nitrogens with zero attached hydrogens (tertiary/aromatic N) is 2. The number of ether oxygens (including phenoxy) is 1. The second-order valence-electron chi connectivity index (χ2n) is 5.35. The van der Waals surface area contributed by atoms with Crippen molar-refractivity contribution in [2.75, 3.05) is 12.8 Å². The summed E-state index contributed by atoms with van der Waals surface area (Å²) < 4.78 is 7.39. The van der Waals surface area contributed by atoms with Gasteiger partial charge in [-0.1, -0.05) is 32.9 Å². The van der Waals surface area contributed by atoms with Crippen LogP contribution in [0.4, 0.5) is 5.82 Å². The van der Waals surface area contributed by atoms with Gasteiger partial charge < -0.3 is 15.0 Å². The molecule has 2 rings (SSSR count). The number of benzene rings is 1. The third kappa shape index (κ3) is 2.79. The number of nitrogens with two attached hydrogens (primary N) is 1. The predicted molar refractivity (Wildman–Crippen MR) is 82.8 cm³/mol. The van der Waals surface area contributed by atoms with E-state index in [1.165, 1.54) is 0 Å². The lowest BCUT2D eigenvalue weighted by atomic mass is 10.1. The van der Waals surface area contributed by atoms with E-state index in [1.54, 1.807) is 7.11 Å². The molecular weight excluding hydrogens is 250 g/mol. The first-order chi connectivity index (χ1) is 9.56. The van der Waals surface area contributed by atoms with Crippen LogP contribution < -0.4 is 10.5 Å². The van der Waals surface area contributed by atoms with E-state index in [-0.39, 0.29) is 0 Å². The molecule has 0 fully saturated rings. The highest BCUT2D eigenvalue weighted by atomic mass is 16.5. The van der Waals surface area contributed by atoms with Crippen LogP contribution in [0.2, 0.25) is 0 Å². The summed E-state index contributed by atoms with van der Waals surface area (Å²) in [7, 11) is 1.66. The summed E-state index contributed by atoms with van der Waals surface area (Å²) in [6.45, 7) is 7.37. The molecule has 0 aliphatic rings. The van der Waals surface area contributed by atoms with E-state index in [9.17, 15) is 0 Å². The molecule has 2 N–H and O–H groups in total. The van der Waals surface area contributed by atoms with Crippen molar-refractivity contribution in [3.63, 3.8) is 0 Å². The molecule has 4 heteroatoms. The summed E-state index contributed by atoms with van der Waals surface area (Å²) in [6.07, 6.45) is 0.876. The fraction of sp³-hybridized carbons (Fsp3) is 0.438. The van der Waals surface area contributed by atoms with Gasteiger partial charge in [0.15, 0.2) is 0 Å². The van der Waals surface area contributed by atoms with Crippen LogP contribution in [0.5, 0.6) is 5.75 Å². The summed E-state index contributed by atoms with van der Waals surface area (Å²) in [5.41, 5.74) is 8.16. The van der Waals surface area contributed by atoms with E-state index in [4.69, 9.17) is 15.5 Å². The molecule has 0 bridgehead atoms. The third-order valence-corrected chi connectivity index (χ3v) is 3.29. The summed E-state index contributed by atoms with van der Waals surface area (Å²) in [6, 6.07) is 7.87. The maximum Gasteiger partial charge on any atom is 0.131 e. The van der Waals surface area contributed by atoms with Crippen molar-refractivity contribution in [2.24, 2.45) is 5.92 Å². The molecule has 0 atom stereocenters. The standard InChI is InChI=1S/C16H23N3O/c1-5-14-18-15(16(17)19(14)10-11(2)3)12-7-6-8-13(9-12)20-4/h6-9,11H,5,10,17H2,1-4H3. The van der Waals surface area contributed by atoms with Gasteiger partial charge in [0, 0.05) is 18.5 Å². The fourth-order valence-electron chi connectivity index (χ4n) is 2.34. The van der Waals surface area contributed by atoms with E-state index in [0.717, 1.165) is 41.6 Å². The molecule has 1 aromatic heterocycles. The molecule has 0 saturated carbocycles. The predicted octanol–water partition coefficient (Wildman–Crippen LogP) is 3.36. The van der Waals surface area contributed by atoms with Crippen LogP contribution in [-0.4, -0.2) is 16.7 Å². The van der Waals surface area contributed by atoms with Crippen LogP contribution in [0.15, 0.2) is 24.3 Å². The lowest BCUT2D eigenvalue weighted by Crippen LogP contribution is -2.10. The highest BCUT2D eigenvalue weighted by Crippen LogP contribution is 2.29. The van der Waals surface area contributed by atoms with Gasteiger partial charge in [-0.3, -0.25) is 0 Å². The number of anilines is 1. The van der Waals surface area contributed by atoms with Crippen molar-refractivity contribution in [1.29, 1.82) is 0 Å². The van der Waals surface area contributed by atoms with Gasteiger partial charge in [-0.15, -0.1) is 0 Å². The van der Waals surface area contributed by atoms with Gasteiger partial charge in [-0.25, -0.2) is 4.98 Å². The number of methoxy groups -OCH3 is 1. The van der Waals surface area contributed by atoms with Gasteiger partial charge in [0.2, 0.25) is 0 Å². The van der Waals surface area contributed by atoms with Crippen molar-refractivity contribution >= 4 is 5.82 Å². The number of hydrogen-bond acceptors (Lipinski definition) is 3. The molecule has 0 aliphatic heterocycles. The van der Waals surface area contributed by atoms with Crippen LogP contribution in [0.3, 0.4) is 0 Å². The van der Waals surface area contributed by atoms with E-state index < -0.39 is 0 Å². The minimum atomic E-state index is 0.537. The van der Waals surface area contributed by atoms with Gasteiger partial charge in [-0.05, 0) is 18.1 Å². The quantitative estimate of drug-likeness (QED) is 0.908. The first-order valence-electron chi connectivity index (χ1n) is 7.06. The molecule has 0 radical (unpaired) electrons. The largest absolute Gasteiger partial charge is 0.497 e. The molecule has 0 unspecified atom stereocenters. The number of aromatic nitrogens is 2. The van der Waals surface area contributed by atoms with Crippen molar-refractivity contribution in [3.05, 3.63) is 30.1 Å². The monoisotopic (exact) mass is 273 g/mol. The zero-order valence-electron chi connectivity index (χ0n) is 12.7. The molecule has 1 heterocycles. The molecule has 108 valence electrons. The fourth-order valence-corrected chi connectivity index (χ4v) is 2.34. The maximum atomic E-state index is 6.31. The van der Waals surface area contributed by atoms with E-state index >= 15 is 0 Å². The molecular formula is C16H23N3O. The molecule has 4 nitrogen and oxygen atoms in total. The van der Waals surface area contributed by atoms with Gasteiger partial charge >= 0.3 is 0 Å². The highest BCUT2D eigenvalue weighted by Gasteiger charge is 2.16. The minimum Gasteiger partial charge on any atom is -0.497 e. The van der Waals surface area contributed by atoms with Crippen molar-refractivity contribution < 1.29 is 4.74 Å². The topological polar surface area (TPSA) is 53.1 Å². The molecule has 0 saturated heterocycles. The lowest BCUT2D eigenvalue weighted by Gasteiger charge is -2.11. The normalized spacial score (nSPS) is 11.1. The zero-order valence-corrected chi connectivity index (χ0v) is 12.7. The number of nitrogen functional groups attached to an aromatic ring is 1. The molecule has 0 amide bonds. The second kappa shape index (κ2) is 5.99. The van der Waals surface area contributed by atoms with Crippen LogP contribution in [-0.2, 0) is 13.0 Å². The minimum absolute atomic E-state index is 0.537. The van der Waals surface area contributed by atoms with Crippen LogP contribution in [0.25, 0.3) is 11.3 Å². The Balaban J connectivity index is 2.48. The first-order valence-corrected chi connectivity index (χ1v) is 7.06. The average molecular weight is 273 g/mol. The van der Waals surface area contributed by atoms with Gasteiger partial charge in [0.1, 0.15) is 23.1 Å². The van der Waals surface area contributed by atoms with Crippen LogP contribution in [0.1, 0.15) is 26.6 Å². The summed E-state index contributed by atoms with van der Waals surface area (Å²) in [5, 5.41) is 0. The number of aryl methyl sites for hydroxylation is 1. The number of rotatable bonds is 5. The van der Waals surface area contributed by atoms with E-state index in [1.807, 2.05) is 24.3 Å². The van der Waals surface area contributed by atoms with Gasteiger partial charge in [0.05, 0.1) is 7.11 Å². The molecule has 20 heavy (non-hydrogen) atoms. The Hall–Kier alpha value is -1.97. The van der Waals surface area contributed by atoms with Crippen molar-refractivity contribution in [2.45, 2.75) is 33.7 Å². The van der Waals surface area contributed by atoms with Crippen molar-refractivity contribution in [3.8, 4) is 17.0 Å². The molecule has 1 aromatic carbocycles. The maximum absolute atomic E-state index is 6.31. The smallest absolute Gasteiger partial charge is 0.131 e. The zero-order chi connectivity index (χ0) is 14.7. The Bertz CT molecular complexity index is 587. The van der Waals surface area contributed by atoms with E-state index in [2.05, 4.69) is 25.3 Å². The highest BCUT2D eigenvalue weighted by molar-refractivity contribution is 5.72. The van der Waals surface area contributed by atoms with E-state index in [0.29, 0.717) is 5.92 Å². The second-order valence-corrected chi connectivity index (χ2v) is 5.35. The summed E-state index contributed by atoms with van der Waals surface area (Å²) in [5.74, 6) is 3.13. The van der Waals surface area contributed by atoms with Crippen molar-refractivity contribution in [1.82, 2.24) is 9.55 Å². The molecule has 0 aliphatic carbocycles. The summed E-state index contributed by atoms with van der Waals surface area (Å²) >= 11 is 0. The van der Waals surface area contributed by atoms with Crippen LogP contribution >= 0.6 is 0 Å². The summed E-state index contributed by atoms with van der Waals surface area (Å²) in [4.78, 5) is 4.71. The van der Waals surface area contributed by atoms with Gasteiger partial charge in [-0.2, -0.15) is 0 Å². The Labute approximate surface area is 120 Å². The van der Waals surface area contributed by atoms with Gasteiger partial charge in [0.25, 0.3) is 0 Å². The Morgan fingerprint density at radius 2 is 2.10 bits per heavy atom. The first kappa shape index (κ1) is 14.4. The number of hydrogen-bond donors (Lipinski definition) is 1. The number of imidazole rings is 1. The average Bonchev–Trinajstić information content (AvgIpc) is 2.75. The lowest BCUT2D eigenvalue weighted by molar-refractivity contribution is 0.415. The third-order valence-electron chi connectivity index (χ3n) is 3.29. The molecule has 0 spiro atoms. The Morgan fingerprint density at radius 3 is 2.70 bits per heavy atom. The molecule has 2 aromatic rings.